The molecule has 13 heteroatoms. The van der Waals surface area contributed by atoms with Crippen molar-refractivity contribution in [2.24, 2.45) is 5.10 Å². The second-order valence-electron chi connectivity index (χ2n) is 9.76. The summed E-state index contributed by atoms with van der Waals surface area (Å²) < 4.78 is 45.2. The standard InChI is InChI=1S/C33H33ClN4O7S/c1-4-44-32-19-25(7-18-31(32)45-22-24-5-8-26(34)9-6-24)20-35-37-33(40)21-38(28-12-14-29(43-3)15-13-28)46(41,42)30-16-10-27(11-17-30)36-23(2)39/h5-20H,4,21-22H2,1-3H3,(H,36,39)(H,37,40)/b35-20-. The Morgan fingerprint density at radius 1 is 0.913 bits per heavy atom. The van der Waals surface area contributed by atoms with E-state index in [1.807, 2.05) is 19.1 Å². The number of carbonyl (C=O) groups is 2. The van der Waals surface area contributed by atoms with E-state index in [9.17, 15) is 18.0 Å². The fraction of sp³-hybridized carbons (Fsp3) is 0.182. The summed E-state index contributed by atoms with van der Waals surface area (Å²) in [6.07, 6.45) is 1.41. The normalized spacial score (nSPS) is 11.1. The van der Waals surface area contributed by atoms with Crippen LogP contribution in [0.25, 0.3) is 0 Å². The van der Waals surface area contributed by atoms with Crippen LogP contribution in [0.3, 0.4) is 0 Å². The Morgan fingerprint density at radius 2 is 1.61 bits per heavy atom. The zero-order valence-electron chi connectivity index (χ0n) is 25.4. The first-order valence-electron chi connectivity index (χ1n) is 14.1. The van der Waals surface area contributed by atoms with E-state index in [-0.39, 0.29) is 16.5 Å². The van der Waals surface area contributed by atoms with Gasteiger partial charge in [-0.1, -0.05) is 23.7 Å². The summed E-state index contributed by atoms with van der Waals surface area (Å²) in [5.41, 5.74) is 4.62. The molecule has 0 fully saturated rings. The van der Waals surface area contributed by atoms with E-state index in [0.717, 1.165) is 9.87 Å². The molecule has 4 aromatic rings. The molecule has 0 aliphatic heterocycles. The Kier molecular flexibility index (Phi) is 11.6. The van der Waals surface area contributed by atoms with Gasteiger partial charge in [-0.15, -0.1) is 0 Å². The highest BCUT2D eigenvalue weighted by Crippen LogP contribution is 2.29. The number of hydrazone groups is 1. The van der Waals surface area contributed by atoms with Crippen LogP contribution < -0.4 is 29.3 Å². The molecule has 0 aromatic heterocycles. The van der Waals surface area contributed by atoms with Gasteiger partial charge in [-0.2, -0.15) is 5.10 Å². The topological polar surface area (TPSA) is 136 Å². The van der Waals surface area contributed by atoms with Crippen molar-refractivity contribution in [3.63, 3.8) is 0 Å². The Hall–Kier alpha value is -5.07. The van der Waals surface area contributed by atoms with E-state index >= 15 is 0 Å². The van der Waals surface area contributed by atoms with E-state index < -0.39 is 22.5 Å². The first kappa shape index (κ1) is 33.8. The van der Waals surface area contributed by atoms with Gasteiger partial charge in [-0.3, -0.25) is 13.9 Å². The quantitative estimate of drug-likeness (QED) is 0.132. The van der Waals surface area contributed by atoms with E-state index in [1.54, 1.807) is 42.5 Å². The minimum absolute atomic E-state index is 0.0736. The summed E-state index contributed by atoms with van der Waals surface area (Å²) in [6.45, 7) is 3.35. The van der Waals surface area contributed by atoms with Crippen LogP contribution in [0, 0.1) is 0 Å². The van der Waals surface area contributed by atoms with Gasteiger partial charge < -0.3 is 19.5 Å². The lowest BCUT2D eigenvalue weighted by Gasteiger charge is -2.24. The Balaban J connectivity index is 1.48. The fourth-order valence-corrected chi connectivity index (χ4v) is 5.73. The van der Waals surface area contributed by atoms with Crippen LogP contribution in [0.5, 0.6) is 17.2 Å². The molecular weight excluding hydrogens is 632 g/mol. The van der Waals surface area contributed by atoms with Crippen molar-refractivity contribution in [3.05, 3.63) is 107 Å². The number of rotatable bonds is 14. The lowest BCUT2D eigenvalue weighted by Crippen LogP contribution is -2.39. The van der Waals surface area contributed by atoms with Crippen molar-refractivity contribution in [2.45, 2.75) is 25.3 Å². The van der Waals surface area contributed by atoms with E-state index in [1.165, 1.54) is 56.6 Å². The maximum atomic E-state index is 13.7. The zero-order valence-corrected chi connectivity index (χ0v) is 27.0. The predicted octanol–water partition coefficient (Wildman–Crippen LogP) is 5.63. The molecule has 4 aromatic carbocycles. The van der Waals surface area contributed by atoms with E-state index in [2.05, 4.69) is 15.8 Å². The first-order valence-corrected chi connectivity index (χ1v) is 15.9. The number of benzene rings is 4. The molecule has 11 nitrogen and oxygen atoms in total. The highest BCUT2D eigenvalue weighted by Gasteiger charge is 2.27. The van der Waals surface area contributed by atoms with Gasteiger partial charge in [0.25, 0.3) is 15.9 Å². The maximum absolute atomic E-state index is 13.7. The number of amides is 2. The van der Waals surface area contributed by atoms with E-state index in [0.29, 0.717) is 46.7 Å². The highest BCUT2D eigenvalue weighted by atomic mass is 35.5. The van der Waals surface area contributed by atoms with Crippen LogP contribution in [0.15, 0.2) is 101 Å². The highest BCUT2D eigenvalue weighted by molar-refractivity contribution is 7.92. The molecule has 2 amide bonds. The monoisotopic (exact) mass is 664 g/mol. The van der Waals surface area contributed by atoms with Gasteiger partial charge in [-0.25, -0.2) is 13.8 Å². The van der Waals surface area contributed by atoms with Crippen molar-refractivity contribution in [1.82, 2.24) is 5.43 Å². The van der Waals surface area contributed by atoms with Gasteiger partial charge in [0.15, 0.2) is 11.5 Å². The molecule has 0 heterocycles. The van der Waals surface area contributed by atoms with Gasteiger partial charge in [0.1, 0.15) is 18.9 Å². The summed E-state index contributed by atoms with van der Waals surface area (Å²) in [7, 11) is -2.71. The second-order valence-corrected chi connectivity index (χ2v) is 12.1. The molecule has 0 aliphatic carbocycles. The molecule has 0 spiro atoms. The number of carbonyl (C=O) groups excluding carboxylic acids is 2. The Morgan fingerprint density at radius 3 is 2.24 bits per heavy atom. The number of sulfonamides is 1. The number of anilines is 2. The molecule has 0 saturated heterocycles. The number of hydrogen-bond acceptors (Lipinski definition) is 8. The molecule has 240 valence electrons. The first-order chi connectivity index (χ1) is 22.1. The van der Waals surface area contributed by atoms with Crippen molar-refractivity contribution in [2.75, 3.05) is 29.9 Å². The average molecular weight is 665 g/mol. The zero-order chi connectivity index (χ0) is 33.1. The Bertz CT molecular complexity index is 1780. The molecule has 0 aliphatic rings. The summed E-state index contributed by atoms with van der Waals surface area (Å²) in [5, 5.41) is 7.26. The third-order valence-corrected chi connectivity index (χ3v) is 8.43. The molecule has 0 bridgehead atoms. The molecule has 0 saturated carbocycles. The van der Waals surface area contributed by atoms with Crippen molar-refractivity contribution in [1.29, 1.82) is 0 Å². The number of halogens is 1. The van der Waals surface area contributed by atoms with Gasteiger partial charge in [0.2, 0.25) is 5.91 Å². The van der Waals surface area contributed by atoms with Gasteiger partial charge in [-0.05, 0) is 96.9 Å². The number of nitrogens with zero attached hydrogens (tertiary/aromatic N) is 2. The molecule has 0 unspecified atom stereocenters. The maximum Gasteiger partial charge on any atom is 0.264 e. The minimum atomic E-state index is -4.21. The summed E-state index contributed by atoms with van der Waals surface area (Å²) in [5.74, 6) is 0.567. The van der Waals surface area contributed by atoms with Crippen molar-refractivity contribution >= 4 is 51.0 Å². The lowest BCUT2D eigenvalue weighted by molar-refractivity contribution is -0.119. The van der Waals surface area contributed by atoms with Crippen LogP contribution in [-0.4, -0.2) is 46.7 Å². The number of methoxy groups -OCH3 is 1. The van der Waals surface area contributed by atoms with Gasteiger partial charge in [0.05, 0.1) is 30.5 Å². The van der Waals surface area contributed by atoms with Gasteiger partial charge in [0, 0.05) is 17.6 Å². The Labute approximate surface area is 272 Å². The molecule has 2 N–H and O–H groups in total. The van der Waals surface area contributed by atoms with Crippen LogP contribution in [0.1, 0.15) is 25.0 Å². The lowest BCUT2D eigenvalue weighted by atomic mass is 10.2. The summed E-state index contributed by atoms with van der Waals surface area (Å²) in [4.78, 5) is 24.3. The summed E-state index contributed by atoms with van der Waals surface area (Å²) in [6, 6.07) is 24.4. The molecule has 0 radical (unpaired) electrons. The molecule has 46 heavy (non-hydrogen) atoms. The van der Waals surface area contributed by atoms with Crippen molar-refractivity contribution in [3.8, 4) is 17.2 Å². The molecular formula is C33H33ClN4O7S. The third-order valence-electron chi connectivity index (χ3n) is 6.39. The average Bonchev–Trinajstić information content (AvgIpc) is 3.04. The largest absolute Gasteiger partial charge is 0.497 e. The SMILES string of the molecule is CCOc1cc(/C=N\NC(=O)CN(c2ccc(OC)cc2)S(=O)(=O)c2ccc(NC(C)=O)cc2)ccc1OCc1ccc(Cl)cc1. The number of nitrogens with one attached hydrogen (secondary N) is 2. The van der Waals surface area contributed by atoms with Gasteiger partial charge >= 0.3 is 0 Å². The van der Waals surface area contributed by atoms with Crippen LogP contribution >= 0.6 is 11.6 Å². The number of ether oxygens (including phenoxy) is 3. The van der Waals surface area contributed by atoms with E-state index in [4.69, 9.17) is 25.8 Å². The molecule has 4 rings (SSSR count). The third kappa shape index (κ3) is 9.22. The van der Waals surface area contributed by atoms with Crippen LogP contribution in [0.4, 0.5) is 11.4 Å². The van der Waals surface area contributed by atoms with Crippen molar-refractivity contribution < 1.29 is 32.2 Å². The smallest absolute Gasteiger partial charge is 0.264 e. The predicted molar refractivity (Wildman–Crippen MR) is 177 cm³/mol. The summed E-state index contributed by atoms with van der Waals surface area (Å²) >= 11 is 5.96. The van der Waals surface area contributed by atoms with Crippen LogP contribution in [0.2, 0.25) is 5.02 Å². The van der Waals surface area contributed by atoms with Crippen LogP contribution in [-0.2, 0) is 26.2 Å². The number of hydrogen-bond donors (Lipinski definition) is 2. The minimum Gasteiger partial charge on any atom is -0.497 e. The fourth-order valence-electron chi connectivity index (χ4n) is 4.18. The molecule has 0 atom stereocenters. The second kappa shape index (κ2) is 15.8.